The summed E-state index contributed by atoms with van der Waals surface area (Å²) in [6.45, 7) is 8.84. The Balaban J connectivity index is 1.78. The summed E-state index contributed by atoms with van der Waals surface area (Å²) in [7, 11) is 0. The molecule has 1 aliphatic heterocycles. The van der Waals surface area contributed by atoms with Crippen molar-refractivity contribution in [2.24, 2.45) is 11.8 Å². The van der Waals surface area contributed by atoms with Crippen LogP contribution in [0.2, 0.25) is 0 Å². The van der Waals surface area contributed by atoms with Crippen LogP contribution >= 0.6 is 0 Å². The second-order valence-electron chi connectivity index (χ2n) is 6.88. The highest BCUT2D eigenvalue weighted by molar-refractivity contribution is 5.81. The van der Waals surface area contributed by atoms with Gasteiger partial charge in [0.05, 0.1) is 6.04 Å². The molecule has 0 aromatic rings. The van der Waals surface area contributed by atoms with Crippen molar-refractivity contribution in [2.45, 2.75) is 71.4 Å². The number of hydrogen-bond donors (Lipinski definition) is 1. The predicted molar refractivity (Wildman–Crippen MR) is 79.0 cm³/mol. The van der Waals surface area contributed by atoms with Gasteiger partial charge in [-0.3, -0.25) is 9.69 Å². The van der Waals surface area contributed by atoms with Crippen molar-refractivity contribution in [3.05, 3.63) is 0 Å². The number of nitrogens with one attached hydrogen (secondary N) is 1. The summed E-state index contributed by atoms with van der Waals surface area (Å²) in [6.07, 6.45) is 7.40. The van der Waals surface area contributed by atoms with Crippen molar-refractivity contribution in [3.8, 4) is 0 Å². The lowest BCUT2D eigenvalue weighted by atomic mass is 9.87. The van der Waals surface area contributed by atoms with Gasteiger partial charge in [-0.1, -0.05) is 13.8 Å². The van der Waals surface area contributed by atoms with Crippen LogP contribution in [-0.2, 0) is 4.79 Å². The third-order valence-electron chi connectivity index (χ3n) is 4.98. The molecule has 0 aromatic carbocycles. The molecular formula is C16H30N2O. The van der Waals surface area contributed by atoms with Gasteiger partial charge in [0.1, 0.15) is 0 Å². The fourth-order valence-electron chi connectivity index (χ4n) is 3.47. The largest absolute Gasteiger partial charge is 0.352 e. The van der Waals surface area contributed by atoms with Gasteiger partial charge in [0.25, 0.3) is 0 Å². The smallest absolute Gasteiger partial charge is 0.237 e. The molecule has 2 fully saturated rings. The number of piperidine rings is 1. The zero-order valence-corrected chi connectivity index (χ0v) is 12.8. The number of nitrogens with zero attached hydrogens (tertiary/aromatic N) is 1. The lowest BCUT2D eigenvalue weighted by Crippen LogP contribution is -2.51. The molecule has 0 aromatic heterocycles. The monoisotopic (exact) mass is 266 g/mol. The minimum Gasteiger partial charge on any atom is -0.352 e. The van der Waals surface area contributed by atoms with Crippen LogP contribution in [0.4, 0.5) is 0 Å². The average molecular weight is 266 g/mol. The number of rotatable bonds is 3. The highest BCUT2D eigenvalue weighted by Gasteiger charge is 2.27. The molecule has 2 atom stereocenters. The van der Waals surface area contributed by atoms with Crippen molar-refractivity contribution in [1.29, 1.82) is 0 Å². The van der Waals surface area contributed by atoms with Crippen LogP contribution in [0.5, 0.6) is 0 Å². The molecule has 3 nitrogen and oxygen atoms in total. The summed E-state index contributed by atoms with van der Waals surface area (Å²) in [5, 5.41) is 3.27. The maximum atomic E-state index is 12.3. The van der Waals surface area contributed by atoms with Crippen molar-refractivity contribution in [2.75, 3.05) is 13.1 Å². The standard InChI is InChI=1S/C16H30N2O/c1-12-6-8-15(9-7-12)17-16(19)14(3)18-10-4-5-13(2)11-18/h12-15H,4-11H2,1-3H3,(H,17,19). The van der Waals surface area contributed by atoms with E-state index in [9.17, 15) is 4.79 Å². The lowest BCUT2D eigenvalue weighted by molar-refractivity contribution is -0.127. The lowest BCUT2D eigenvalue weighted by Gasteiger charge is -2.36. The molecule has 1 saturated heterocycles. The summed E-state index contributed by atoms with van der Waals surface area (Å²) in [4.78, 5) is 14.7. The predicted octanol–water partition coefficient (Wildman–Crippen LogP) is 2.80. The molecule has 0 radical (unpaired) electrons. The van der Waals surface area contributed by atoms with Crippen LogP contribution < -0.4 is 5.32 Å². The number of carbonyl (C=O) groups is 1. The number of hydrogen-bond acceptors (Lipinski definition) is 2. The van der Waals surface area contributed by atoms with E-state index in [0.29, 0.717) is 6.04 Å². The van der Waals surface area contributed by atoms with E-state index < -0.39 is 0 Å². The second kappa shape index (κ2) is 6.74. The molecule has 3 heteroatoms. The summed E-state index contributed by atoms with van der Waals surface area (Å²) in [5.74, 6) is 1.82. The highest BCUT2D eigenvalue weighted by Crippen LogP contribution is 2.24. The van der Waals surface area contributed by atoms with Gasteiger partial charge in [0.2, 0.25) is 5.91 Å². The van der Waals surface area contributed by atoms with Gasteiger partial charge in [-0.25, -0.2) is 0 Å². The summed E-state index contributed by atoms with van der Waals surface area (Å²) >= 11 is 0. The number of carbonyl (C=O) groups excluding carboxylic acids is 1. The second-order valence-corrected chi connectivity index (χ2v) is 6.88. The van der Waals surface area contributed by atoms with E-state index in [1.807, 2.05) is 0 Å². The number of amides is 1. The molecule has 1 N–H and O–H groups in total. The van der Waals surface area contributed by atoms with Gasteiger partial charge in [-0.2, -0.15) is 0 Å². The summed E-state index contributed by atoms with van der Waals surface area (Å²) in [6, 6.07) is 0.468. The Kier molecular flexibility index (Phi) is 5.26. The fraction of sp³-hybridized carbons (Fsp3) is 0.938. The van der Waals surface area contributed by atoms with E-state index in [1.165, 1.54) is 25.7 Å². The molecule has 2 rings (SSSR count). The Bertz CT molecular complexity index is 297. The van der Waals surface area contributed by atoms with E-state index in [2.05, 4.69) is 31.0 Å². The molecule has 2 aliphatic rings. The summed E-state index contributed by atoms with van der Waals surface area (Å²) in [5.41, 5.74) is 0. The van der Waals surface area contributed by atoms with Crippen molar-refractivity contribution < 1.29 is 4.79 Å². The summed E-state index contributed by atoms with van der Waals surface area (Å²) < 4.78 is 0. The van der Waals surface area contributed by atoms with Gasteiger partial charge < -0.3 is 5.32 Å². The van der Waals surface area contributed by atoms with E-state index >= 15 is 0 Å². The third-order valence-corrected chi connectivity index (χ3v) is 4.98. The first-order valence-electron chi connectivity index (χ1n) is 8.10. The topological polar surface area (TPSA) is 32.3 Å². The van der Waals surface area contributed by atoms with Crippen LogP contribution in [-0.4, -0.2) is 36.0 Å². The molecule has 2 unspecified atom stereocenters. The van der Waals surface area contributed by atoms with Crippen LogP contribution in [0, 0.1) is 11.8 Å². The van der Waals surface area contributed by atoms with Gasteiger partial charge in [-0.15, -0.1) is 0 Å². The number of likely N-dealkylation sites (tertiary alicyclic amines) is 1. The molecule has 1 heterocycles. The first-order valence-corrected chi connectivity index (χ1v) is 8.10. The zero-order chi connectivity index (χ0) is 13.8. The maximum absolute atomic E-state index is 12.3. The SMILES string of the molecule is CC1CCC(NC(=O)C(C)N2CCCC(C)C2)CC1. The van der Waals surface area contributed by atoms with Gasteiger partial charge in [0.15, 0.2) is 0 Å². The molecule has 110 valence electrons. The zero-order valence-electron chi connectivity index (χ0n) is 12.8. The highest BCUT2D eigenvalue weighted by atomic mass is 16.2. The maximum Gasteiger partial charge on any atom is 0.237 e. The van der Waals surface area contributed by atoms with Crippen LogP contribution in [0.1, 0.15) is 59.3 Å². The molecular weight excluding hydrogens is 236 g/mol. The van der Waals surface area contributed by atoms with E-state index in [1.54, 1.807) is 0 Å². The molecule has 1 amide bonds. The molecule has 19 heavy (non-hydrogen) atoms. The van der Waals surface area contributed by atoms with Gasteiger partial charge >= 0.3 is 0 Å². The normalized spacial score (nSPS) is 34.8. The Morgan fingerprint density at radius 1 is 1.11 bits per heavy atom. The Hall–Kier alpha value is -0.570. The van der Waals surface area contributed by atoms with Gasteiger partial charge in [0, 0.05) is 12.6 Å². The molecule has 1 saturated carbocycles. The van der Waals surface area contributed by atoms with Crippen LogP contribution in [0.3, 0.4) is 0 Å². The average Bonchev–Trinajstić information content (AvgIpc) is 2.40. The molecule has 0 bridgehead atoms. The van der Waals surface area contributed by atoms with Crippen molar-refractivity contribution in [3.63, 3.8) is 0 Å². The molecule has 0 spiro atoms. The minimum absolute atomic E-state index is 0.0436. The van der Waals surface area contributed by atoms with Crippen LogP contribution in [0.15, 0.2) is 0 Å². The van der Waals surface area contributed by atoms with E-state index in [4.69, 9.17) is 0 Å². The van der Waals surface area contributed by atoms with Gasteiger partial charge in [-0.05, 0) is 63.8 Å². The molecule has 1 aliphatic carbocycles. The van der Waals surface area contributed by atoms with Crippen molar-refractivity contribution >= 4 is 5.91 Å². The Morgan fingerprint density at radius 3 is 2.42 bits per heavy atom. The quantitative estimate of drug-likeness (QED) is 0.852. The van der Waals surface area contributed by atoms with Crippen molar-refractivity contribution in [1.82, 2.24) is 10.2 Å². The fourth-order valence-corrected chi connectivity index (χ4v) is 3.47. The Labute approximate surface area is 118 Å². The van der Waals surface area contributed by atoms with E-state index in [0.717, 1.165) is 37.8 Å². The Morgan fingerprint density at radius 2 is 1.79 bits per heavy atom. The first kappa shape index (κ1) is 14.8. The van der Waals surface area contributed by atoms with E-state index in [-0.39, 0.29) is 11.9 Å². The van der Waals surface area contributed by atoms with Crippen LogP contribution in [0.25, 0.3) is 0 Å². The third kappa shape index (κ3) is 4.20. The minimum atomic E-state index is 0.0436. The first-order chi connectivity index (χ1) is 9.06.